The van der Waals surface area contributed by atoms with Gasteiger partial charge >= 0.3 is 0 Å². The monoisotopic (exact) mass is 206 g/mol. The maximum absolute atomic E-state index is 9.67. The summed E-state index contributed by atoms with van der Waals surface area (Å²) in [4.78, 5) is 0. The standard InChI is InChI=1S/C12H14O3/c1-4-5-10(13)9-6-7-11(14-2)12(8-9)15-3/h1,6-8,10,13H,5H2,2-3H3/t10-/m0/s1. The summed E-state index contributed by atoms with van der Waals surface area (Å²) in [7, 11) is 3.12. The minimum atomic E-state index is -0.658. The number of ether oxygens (including phenoxy) is 2. The fourth-order valence-corrected chi connectivity index (χ4v) is 1.29. The van der Waals surface area contributed by atoms with Crippen LogP contribution in [0, 0.1) is 12.3 Å². The van der Waals surface area contributed by atoms with Gasteiger partial charge in [-0.1, -0.05) is 6.07 Å². The fraction of sp³-hybridized carbons (Fsp3) is 0.333. The summed E-state index contributed by atoms with van der Waals surface area (Å²) < 4.78 is 10.2. The van der Waals surface area contributed by atoms with Crippen molar-refractivity contribution in [1.29, 1.82) is 0 Å². The number of methoxy groups -OCH3 is 2. The molecule has 1 rings (SSSR count). The van der Waals surface area contributed by atoms with Gasteiger partial charge < -0.3 is 14.6 Å². The fourth-order valence-electron chi connectivity index (χ4n) is 1.29. The zero-order valence-corrected chi connectivity index (χ0v) is 8.86. The van der Waals surface area contributed by atoms with Crippen LogP contribution in [0.2, 0.25) is 0 Å². The molecule has 1 aromatic rings. The van der Waals surface area contributed by atoms with Crippen molar-refractivity contribution in [2.24, 2.45) is 0 Å². The van der Waals surface area contributed by atoms with Gasteiger partial charge in [-0.2, -0.15) is 0 Å². The lowest BCUT2D eigenvalue weighted by Gasteiger charge is -2.12. The van der Waals surface area contributed by atoms with Gasteiger partial charge in [-0.15, -0.1) is 12.3 Å². The highest BCUT2D eigenvalue weighted by molar-refractivity contribution is 5.43. The highest BCUT2D eigenvalue weighted by Crippen LogP contribution is 2.30. The number of benzene rings is 1. The lowest BCUT2D eigenvalue weighted by atomic mass is 10.1. The van der Waals surface area contributed by atoms with Crippen LogP contribution in [0.4, 0.5) is 0 Å². The Morgan fingerprint density at radius 2 is 2.00 bits per heavy atom. The molecule has 80 valence electrons. The van der Waals surface area contributed by atoms with Crippen molar-refractivity contribution in [1.82, 2.24) is 0 Å². The summed E-state index contributed by atoms with van der Waals surface area (Å²) in [5.74, 6) is 3.63. The van der Waals surface area contributed by atoms with Crippen molar-refractivity contribution >= 4 is 0 Å². The molecule has 0 spiro atoms. The van der Waals surface area contributed by atoms with E-state index in [2.05, 4.69) is 5.92 Å². The van der Waals surface area contributed by atoms with Crippen LogP contribution in [0.5, 0.6) is 11.5 Å². The number of aliphatic hydroxyl groups excluding tert-OH is 1. The largest absolute Gasteiger partial charge is 0.493 e. The van der Waals surface area contributed by atoms with E-state index in [1.54, 1.807) is 32.4 Å². The third kappa shape index (κ3) is 2.64. The Morgan fingerprint density at radius 3 is 2.53 bits per heavy atom. The molecule has 3 nitrogen and oxygen atoms in total. The van der Waals surface area contributed by atoms with E-state index in [1.165, 1.54) is 0 Å². The molecule has 1 N–H and O–H groups in total. The van der Waals surface area contributed by atoms with Crippen LogP contribution >= 0.6 is 0 Å². The Hall–Kier alpha value is -1.66. The molecule has 0 bridgehead atoms. The summed E-state index contributed by atoms with van der Waals surface area (Å²) in [6, 6.07) is 5.23. The number of hydrogen-bond acceptors (Lipinski definition) is 3. The second-order valence-corrected chi connectivity index (χ2v) is 3.04. The Balaban J connectivity index is 2.98. The van der Waals surface area contributed by atoms with Gasteiger partial charge in [0.05, 0.1) is 20.3 Å². The molecule has 0 unspecified atom stereocenters. The number of rotatable bonds is 4. The first-order valence-electron chi connectivity index (χ1n) is 4.56. The van der Waals surface area contributed by atoms with Crippen LogP contribution in [-0.2, 0) is 0 Å². The molecule has 0 radical (unpaired) electrons. The minimum Gasteiger partial charge on any atom is -0.493 e. The van der Waals surface area contributed by atoms with E-state index in [9.17, 15) is 5.11 Å². The average Bonchev–Trinajstić information content (AvgIpc) is 2.28. The number of aliphatic hydroxyl groups is 1. The Labute approximate surface area is 89.6 Å². The average molecular weight is 206 g/mol. The van der Waals surface area contributed by atoms with Gasteiger partial charge in [-0.3, -0.25) is 0 Å². The van der Waals surface area contributed by atoms with Gasteiger partial charge in [-0.25, -0.2) is 0 Å². The predicted molar refractivity (Wildman–Crippen MR) is 58.0 cm³/mol. The third-order valence-corrected chi connectivity index (χ3v) is 2.10. The highest BCUT2D eigenvalue weighted by Gasteiger charge is 2.10. The molecule has 3 heteroatoms. The van der Waals surface area contributed by atoms with Gasteiger partial charge in [0.2, 0.25) is 0 Å². The van der Waals surface area contributed by atoms with E-state index in [0.717, 1.165) is 5.56 Å². The molecule has 0 aliphatic heterocycles. The molecule has 0 amide bonds. The van der Waals surface area contributed by atoms with Crippen molar-refractivity contribution < 1.29 is 14.6 Å². The van der Waals surface area contributed by atoms with Gasteiger partial charge in [0.1, 0.15) is 0 Å². The van der Waals surface area contributed by atoms with Crippen LogP contribution in [0.1, 0.15) is 18.1 Å². The summed E-state index contributed by atoms with van der Waals surface area (Å²) in [6.07, 6.45) is 4.76. The van der Waals surface area contributed by atoms with Gasteiger partial charge in [0.15, 0.2) is 11.5 Å². The highest BCUT2D eigenvalue weighted by atomic mass is 16.5. The Kier molecular flexibility index (Phi) is 4.02. The first-order chi connectivity index (χ1) is 7.22. The molecular formula is C12H14O3. The van der Waals surface area contributed by atoms with Gasteiger partial charge in [0.25, 0.3) is 0 Å². The molecule has 15 heavy (non-hydrogen) atoms. The second-order valence-electron chi connectivity index (χ2n) is 3.04. The van der Waals surface area contributed by atoms with Gasteiger partial charge in [0, 0.05) is 6.42 Å². The minimum absolute atomic E-state index is 0.287. The van der Waals surface area contributed by atoms with Crippen LogP contribution in [0.25, 0.3) is 0 Å². The smallest absolute Gasteiger partial charge is 0.161 e. The normalized spacial score (nSPS) is 11.6. The second kappa shape index (κ2) is 5.28. The molecular weight excluding hydrogens is 192 g/mol. The molecule has 1 aromatic carbocycles. The summed E-state index contributed by atoms with van der Waals surface area (Å²) in [5.41, 5.74) is 0.727. The third-order valence-electron chi connectivity index (χ3n) is 2.10. The lowest BCUT2D eigenvalue weighted by Crippen LogP contribution is -1.98. The first kappa shape index (κ1) is 11.4. The van der Waals surface area contributed by atoms with Crippen molar-refractivity contribution in [3.8, 4) is 23.8 Å². The van der Waals surface area contributed by atoms with Crippen LogP contribution in [0.3, 0.4) is 0 Å². The van der Waals surface area contributed by atoms with Gasteiger partial charge in [-0.05, 0) is 17.7 Å². The molecule has 0 aliphatic carbocycles. The van der Waals surface area contributed by atoms with Crippen molar-refractivity contribution in [2.75, 3.05) is 14.2 Å². The maximum Gasteiger partial charge on any atom is 0.161 e. The number of terminal acetylenes is 1. The molecule has 0 aromatic heterocycles. The number of hydrogen-bond donors (Lipinski definition) is 1. The van der Waals surface area contributed by atoms with Crippen LogP contribution in [-0.4, -0.2) is 19.3 Å². The SMILES string of the molecule is C#CC[C@H](O)c1ccc(OC)c(OC)c1. The summed E-state index contributed by atoms with van der Waals surface area (Å²) in [5, 5.41) is 9.67. The van der Waals surface area contributed by atoms with E-state index in [-0.39, 0.29) is 6.42 Å². The summed E-state index contributed by atoms with van der Waals surface area (Å²) in [6.45, 7) is 0. The molecule has 0 saturated carbocycles. The lowest BCUT2D eigenvalue weighted by molar-refractivity contribution is 0.183. The zero-order chi connectivity index (χ0) is 11.3. The van der Waals surface area contributed by atoms with E-state index < -0.39 is 6.10 Å². The van der Waals surface area contributed by atoms with E-state index in [4.69, 9.17) is 15.9 Å². The van der Waals surface area contributed by atoms with Crippen molar-refractivity contribution in [2.45, 2.75) is 12.5 Å². The van der Waals surface area contributed by atoms with Crippen molar-refractivity contribution in [3.05, 3.63) is 23.8 Å². The first-order valence-corrected chi connectivity index (χ1v) is 4.56. The summed E-state index contributed by atoms with van der Waals surface area (Å²) >= 11 is 0. The van der Waals surface area contributed by atoms with Crippen molar-refractivity contribution in [3.63, 3.8) is 0 Å². The topological polar surface area (TPSA) is 38.7 Å². The molecule has 0 fully saturated rings. The predicted octanol–water partition coefficient (Wildman–Crippen LogP) is 1.76. The van der Waals surface area contributed by atoms with E-state index in [0.29, 0.717) is 11.5 Å². The Bertz CT molecular complexity index is 366. The molecule has 0 saturated heterocycles. The van der Waals surface area contributed by atoms with E-state index >= 15 is 0 Å². The quantitative estimate of drug-likeness (QED) is 0.763. The van der Waals surface area contributed by atoms with Crippen LogP contribution < -0.4 is 9.47 Å². The molecule has 1 atom stereocenters. The zero-order valence-electron chi connectivity index (χ0n) is 8.86. The van der Waals surface area contributed by atoms with Crippen LogP contribution in [0.15, 0.2) is 18.2 Å². The molecule has 0 aliphatic rings. The molecule has 0 heterocycles. The van der Waals surface area contributed by atoms with E-state index in [1.807, 2.05) is 0 Å². The Morgan fingerprint density at radius 1 is 1.33 bits per heavy atom. The maximum atomic E-state index is 9.67.